The van der Waals surface area contributed by atoms with E-state index in [-0.39, 0.29) is 0 Å². The lowest BCUT2D eigenvalue weighted by atomic mass is 9.99. The van der Waals surface area contributed by atoms with Crippen molar-refractivity contribution in [3.63, 3.8) is 0 Å². The predicted molar refractivity (Wildman–Crippen MR) is 111 cm³/mol. The maximum atomic E-state index is 4.87. The van der Waals surface area contributed by atoms with Crippen molar-refractivity contribution in [2.24, 2.45) is 4.99 Å². The number of unbranched alkanes of at least 4 members (excludes halogenated alkanes) is 1. The highest BCUT2D eigenvalue weighted by Crippen LogP contribution is 2.26. The van der Waals surface area contributed by atoms with E-state index in [1.54, 1.807) is 11.3 Å². The molecule has 1 N–H and O–H groups in total. The Labute approximate surface area is 161 Å². The molecule has 140 valence electrons. The van der Waals surface area contributed by atoms with Gasteiger partial charge in [-0.2, -0.15) is 0 Å². The van der Waals surface area contributed by atoms with E-state index in [1.165, 1.54) is 17.0 Å². The summed E-state index contributed by atoms with van der Waals surface area (Å²) in [4.78, 5) is 11.8. The number of guanidine groups is 1. The number of aryl methyl sites for hydroxylation is 2. The Morgan fingerprint density at radius 2 is 2.15 bits per heavy atom. The molecule has 1 aliphatic heterocycles. The first-order valence-electron chi connectivity index (χ1n) is 9.75. The van der Waals surface area contributed by atoms with Crippen molar-refractivity contribution in [2.75, 3.05) is 26.2 Å². The van der Waals surface area contributed by atoms with Gasteiger partial charge >= 0.3 is 0 Å². The molecule has 2 heterocycles. The minimum absolute atomic E-state index is 0.619. The Hall–Kier alpha value is -1.88. The van der Waals surface area contributed by atoms with Gasteiger partial charge in [0.1, 0.15) is 0 Å². The quantitative estimate of drug-likeness (QED) is 0.450. The maximum absolute atomic E-state index is 4.87. The predicted octanol–water partition coefficient (Wildman–Crippen LogP) is 4.23. The van der Waals surface area contributed by atoms with E-state index < -0.39 is 0 Å². The summed E-state index contributed by atoms with van der Waals surface area (Å²) in [6.45, 7) is 8.16. The molecule has 4 nitrogen and oxygen atoms in total. The molecule has 2 aromatic rings. The van der Waals surface area contributed by atoms with Crippen LogP contribution in [-0.2, 0) is 6.42 Å². The number of nitrogens with one attached hydrogen (secondary N) is 1. The first kappa shape index (κ1) is 18.9. The number of aliphatic imine (C=N–C) groups is 1. The number of thiazole rings is 1. The third-order valence-corrected chi connectivity index (χ3v) is 5.85. The number of benzene rings is 1. The van der Waals surface area contributed by atoms with Crippen LogP contribution in [0.1, 0.15) is 48.4 Å². The molecule has 26 heavy (non-hydrogen) atoms. The lowest BCUT2D eigenvalue weighted by Gasteiger charge is -2.21. The van der Waals surface area contributed by atoms with Crippen molar-refractivity contribution >= 4 is 17.3 Å². The van der Waals surface area contributed by atoms with E-state index in [0.29, 0.717) is 5.92 Å². The molecule has 1 unspecified atom stereocenters. The standard InChI is InChI=1S/C21H30N4S/c1-3-22-21(23-13-8-7-11-20-24-17(2)16-26-20)25-14-12-19(15-25)18-9-5-4-6-10-18/h4-6,9-10,16,19H,3,7-8,11-15H2,1-2H3,(H,22,23). The summed E-state index contributed by atoms with van der Waals surface area (Å²) in [5, 5.41) is 6.86. The minimum atomic E-state index is 0.619. The zero-order valence-electron chi connectivity index (χ0n) is 15.9. The van der Waals surface area contributed by atoms with Crippen LogP contribution in [0, 0.1) is 6.92 Å². The maximum Gasteiger partial charge on any atom is 0.193 e. The lowest BCUT2D eigenvalue weighted by molar-refractivity contribution is 0.485. The number of rotatable bonds is 7. The van der Waals surface area contributed by atoms with Gasteiger partial charge in [0, 0.05) is 43.2 Å². The Morgan fingerprint density at radius 3 is 2.88 bits per heavy atom. The Kier molecular flexibility index (Phi) is 7.06. The topological polar surface area (TPSA) is 40.5 Å². The first-order valence-corrected chi connectivity index (χ1v) is 10.6. The molecule has 0 radical (unpaired) electrons. The van der Waals surface area contributed by atoms with Gasteiger partial charge in [-0.05, 0) is 45.1 Å². The molecule has 1 aromatic heterocycles. The van der Waals surface area contributed by atoms with Gasteiger partial charge < -0.3 is 10.2 Å². The molecule has 5 heteroatoms. The van der Waals surface area contributed by atoms with Crippen molar-refractivity contribution in [1.82, 2.24) is 15.2 Å². The average molecular weight is 371 g/mol. The summed E-state index contributed by atoms with van der Waals surface area (Å²) in [7, 11) is 0. The van der Waals surface area contributed by atoms with E-state index in [9.17, 15) is 0 Å². The van der Waals surface area contributed by atoms with Crippen molar-refractivity contribution in [2.45, 2.75) is 45.4 Å². The van der Waals surface area contributed by atoms with Gasteiger partial charge in [-0.3, -0.25) is 4.99 Å². The lowest BCUT2D eigenvalue weighted by Crippen LogP contribution is -2.40. The van der Waals surface area contributed by atoms with Gasteiger partial charge in [0.25, 0.3) is 0 Å². The van der Waals surface area contributed by atoms with Gasteiger partial charge in [-0.1, -0.05) is 30.3 Å². The second kappa shape index (κ2) is 9.72. The van der Waals surface area contributed by atoms with E-state index in [1.807, 2.05) is 0 Å². The van der Waals surface area contributed by atoms with Crippen LogP contribution in [0.25, 0.3) is 0 Å². The van der Waals surface area contributed by atoms with E-state index >= 15 is 0 Å². The van der Waals surface area contributed by atoms with E-state index in [0.717, 1.165) is 57.1 Å². The van der Waals surface area contributed by atoms with Crippen LogP contribution in [0.2, 0.25) is 0 Å². The summed E-state index contributed by atoms with van der Waals surface area (Å²) in [6, 6.07) is 10.9. The molecule has 1 saturated heterocycles. The molecule has 1 aromatic carbocycles. The van der Waals surface area contributed by atoms with Crippen LogP contribution in [0.3, 0.4) is 0 Å². The highest BCUT2D eigenvalue weighted by atomic mass is 32.1. The zero-order chi connectivity index (χ0) is 18.2. The van der Waals surface area contributed by atoms with Crippen molar-refractivity contribution in [1.29, 1.82) is 0 Å². The molecule has 1 atom stereocenters. The molecule has 0 aliphatic carbocycles. The number of hydrogen-bond acceptors (Lipinski definition) is 3. The summed E-state index contributed by atoms with van der Waals surface area (Å²) < 4.78 is 0. The first-order chi connectivity index (χ1) is 12.8. The van der Waals surface area contributed by atoms with Crippen molar-refractivity contribution in [3.8, 4) is 0 Å². The normalized spacial score (nSPS) is 17.7. The molecule has 1 fully saturated rings. The second-order valence-corrected chi connectivity index (χ2v) is 7.86. The zero-order valence-corrected chi connectivity index (χ0v) is 16.8. The van der Waals surface area contributed by atoms with Gasteiger partial charge in [-0.25, -0.2) is 4.98 Å². The summed E-state index contributed by atoms with van der Waals surface area (Å²) in [5.41, 5.74) is 2.59. The van der Waals surface area contributed by atoms with Crippen LogP contribution in [0.5, 0.6) is 0 Å². The third kappa shape index (κ3) is 5.31. The van der Waals surface area contributed by atoms with Gasteiger partial charge in [0.2, 0.25) is 0 Å². The molecule has 0 amide bonds. The number of aromatic nitrogens is 1. The SMILES string of the molecule is CCNC(=NCCCCc1nc(C)cs1)N1CCC(c2ccccc2)C1. The minimum Gasteiger partial charge on any atom is -0.357 e. The largest absolute Gasteiger partial charge is 0.357 e. The van der Waals surface area contributed by atoms with Crippen molar-refractivity contribution in [3.05, 3.63) is 52.0 Å². The van der Waals surface area contributed by atoms with Crippen LogP contribution in [-0.4, -0.2) is 42.0 Å². The average Bonchev–Trinajstić information content (AvgIpc) is 3.31. The summed E-state index contributed by atoms with van der Waals surface area (Å²) >= 11 is 1.77. The van der Waals surface area contributed by atoms with Gasteiger partial charge in [0.15, 0.2) is 5.96 Å². The molecule has 0 bridgehead atoms. The Morgan fingerprint density at radius 1 is 1.31 bits per heavy atom. The van der Waals surface area contributed by atoms with Gasteiger partial charge in [-0.15, -0.1) is 11.3 Å². The molecule has 3 rings (SSSR count). The molecular formula is C21H30N4S. The number of nitrogens with zero attached hydrogens (tertiary/aromatic N) is 3. The molecular weight excluding hydrogens is 340 g/mol. The van der Waals surface area contributed by atoms with Gasteiger partial charge in [0.05, 0.1) is 5.01 Å². The molecule has 1 aliphatic rings. The molecule has 0 saturated carbocycles. The van der Waals surface area contributed by atoms with E-state index in [4.69, 9.17) is 4.99 Å². The Bertz CT molecular complexity index is 695. The van der Waals surface area contributed by atoms with Crippen LogP contribution >= 0.6 is 11.3 Å². The van der Waals surface area contributed by atoms with Crippen molar-refractivity contribution < 1.29 is 0 Å². The second-order valence-electron chi connectivity index (χ2n) is 6.92. The van der Waals surface area contributed by atoms with Crippen LogP contribution in [0.4, 0.5) is 0 Å². The Balaban J connectivity index is 1.47. The highest BCUT2D eigenvalue weighted by Gasteiger charge is 2.25. The molecule has 0 spiro atoms. The number of hydrogen-bond donors (Lipinski definition) is 1. The highest BCUT2D eigenvalue weighted by molar-refractivity contribution is 7.09. The summed E-state index contributed by atoms with van der Waals surface area (Å²) in [5.74, 6) is 1.70. The van der Waals surface area contributed by atoms with E-state index in [2.05, 4.69) is 64.8 Å². The monoisotopic (exact) mass is 370 g/mol. The van der Waals surface area contributed by atoms with Crippen LogP contribution < -0.4 is 5.32 Å². The van der Waals surface area contributed by atoms with Crippen LogP contribution in [0.15, 0.2) is 40.7 Å². The smallest absolute Gasteiger partial charge is 0.193 e. The summed E-state index contributed by atoms with van der Waals surface area (Å²) in [6.07, 6.45) is 4.55. The number of likely N-dealkylation sites (tertiary alicyclic amines) is 1. The fourth-order valence-corrected chi connectivity index (χ4v) is 4.28. The fraction of sp³-hybridized carbons (Fsp3) is 0.524. The fourth-order valence-electron chi connectivity index (χ4n) is 3.47. The third-order valence-electron chi connectivity index (χ3n) is 4.82.